The van der Waals surface area contributed by atoms with Crippen molar-refractivity contribution >= 4 is 11.8 Å². The Morgan fingerprint density at radius 3 is 2.67 bits per heavy atom. The Bertz CT molecular complexity index is 1110. The van der Waals surface area contributed by atoms with Crippen LogP contribution in [0.25, 0.3) is 0 Å². The Hall–Kier alpha value is -3.45. The third-order valence-electron chi connectivity index (χ3n) is 6.37. The van der Waals surface area contributed by atoms with E-state index < -0.39 is 6.10 Å². The second-order valence-corrected chi connectivity index (χ2v) is 8.57. The van der Waals surface area contributed by atoms with Crippen molar-refractivity contribution in [1.82, 2.24) is 14.9 Å². The van der Waals surface area contributed by atoms with Crippen LogP contribution in [-0.2, 0) is 24.2 Å². The number of amides is 1. The lowest BCUT2D eigenvalue weighted by atomic mass is 10.1. The van der Waals surface area contributed by atoms with Gasteiger partial charge < -0.3 is 19.6 Å². The van der Waals surface area contributed by atoms with Crippen molar-refractivity contribution in [3.8, 4) is 0 Å². The molecule has 1 N–H and O–H groups in total. The molecule has 1 unspecified atom stereocenters. The van der Waals surface area contributed by atoms with E-state index in [2.05, 4.69) is 14.9 Å². The van der Waals surface area contributed by atoms with Crippen molar-refractivity contribution in [1.29, 1.82) is 0 Å². The number of hydrogen-bond donors (Lipinski definition) is 1. The third-order valence-corrected chi connectivity index (χ3v) is 6.37. The number of anilines is 1. The van der Waals surface area contributed by atoms with Crippen LogP contribution in [0.1, 0.15) is 40.7 Å². The topological polar surface area (TPSA) is 78.8 Å². The standard InChI is InChI=1S/C26H28N4O3/c31-24(25-27-17-21-9-5-11-23(21)28-25)20-8-4-10-22(16-20)29-12-14-30(15-13-29)26(32)33-18-19-6-2-1-3-7-19/h1-4,6-8,10,16-17,24,31H,5,9,11-15,18H2. The quantitative estimate of drug-likeness (QED) is 0.649. The maximum absolute atomic E-state index is 12.4. The van der Waals surface area contributed by atoms with E-state index in [1.165, 1.54) is 5.56 Å². The van der Waals surface area contributed by atoms with Crippen LogP contribution in [-0.4, -0.2) is 52.2 Å². The first-order chi connectivity index (χ1) is 16.2. The highest BCUT2D eigenvalue weighted by Gasteiger charge is 2.24. The maximum Gasteiger partial charge on any atom is 0.410 e. The molecule has 1 amide bonds. The molecule has 2 aliphatic rings. The zero-order valence-corrected chi connectivity index (χ0v) is 18.6. The van der Waals surface area contributed by atoms with E-state index in [-0.39, 0.29) is 12.7 Å². The van der Waals surface area contributed by atoms with Gasteiger partial charge in [0, 0.05) is 43.8 Å². The fraction of sp³-hybridized carbons (Fsp3) is 0.346. The Morgan fingerprint density at radius 2 is 1.85 bits per heavy atom. The number of aromatic nitrogens is 2. The zero-order valence-electron chi connectivity index (χ0n) is 18.6. The number of aliphatic hydroxyl groups excluding tert-OH is 1. The summed E-state index contributed by atoms with van der Waals surface area (Å²) < 4.78 is 5.46. The highest BCUT2D eigenvalue weighted by Crippen LogP contribution is 2.27. The third kappa shape index (κ3) is 4.83. The molecule has 7 nitrogen and oxygen atoms in total. The second kappa shape index (κ2) is 9.58. The van der Waals surface area contributed by atoms with Gasteiger partial charge in [-0.2, -0.15) is 0 Å². The van der Waals surface area contributed by atoms with Gasteiger partial charge in [-0.3, -0.25) is 0 Å². The minimum atomic E-state index is -0.856. The summed E-state index contributed by atoms with van der Waals surface area (Å²) in [7, 11) is 0. The molecule has 0 bridgehead atoms. The summed E-state index contributed by atoms with van der Waals surface area (Å²) in [4.78, 5) is 25.4. The van der Waals surface area contributed by atoms with Gasteiger partial charge in [0.2, 0.25) is 0 Å². The lowest BCUT2D eigenvalue weighted by molar-refractivity contribution is 0.0942. The molecular weight excluding hydrogens is 416 g/mol. The van der Waals surface area contributed by atoms with Crippen LogP contribution in [0.15, 0.2) is 60.8 Å². The van der Waals surface area contributed by atoms with Gasteiger partial charge in [0.05, 0.1) is 0 Å². The van der Waals surface area contributed by atoms with Crippen LogP contribution >= 0.6 is 0 Å². The molecule has 2 heterocycles. The van der Waals surface area contributed by atoms with Gasteiger partial charge in [0.15, 0.2) is 5.82 Å². The van der Waals surface area contributed by atoms with Crippen molar-refractivity contribution in [3.05, 3.63) is 89.0 Å². The normalized spacial score (nSPS) is 16.4. The molecule has 1 atom stereocenters. The molecule has 1 aliphatic heterocycles. The molecule has 2 aromatic carbocycles. The lowest BCUT2D eigenvalue weighted by Crippen LogP contribution is -2.49. The number of piperazine rings is 1. The smallest absolute Gasteiger partial charge is 0.410 e. The number of ether oxygens (including phenoxy) is 1. The van der Waals surface area contributed by atoms with Crippen molar-refractivity contribution in [2.75, 3.05) is 31.1 Å². The molecule has 170 valence electrons. The summed E-state index contributed by atoms with van der Waals surface area (Å²) in [5, 5.41) is 10.9. The Morgan fingerprint density at radius 1 is 1.03 bits per heavy atom. The van der Waals surface area contributed by atoms with Crippen LogP contribution < -0.4 is 4.90 Å². The molecule has 0 radical (unpaired) electrons. The number of carbonyl (C=O) groups is 1. The van der Waals surface area contributed by atoms with E-state index in [1.807, 2.05) is 60.8 Å². The van der Waals surface area contributed by atoms with Crippen LogP contribution in [0.3, 0.4) is 0 Å². The molecule has 7 heteroatoms. The van der Waals surface area contributed by atoms with Gasteiger partial charge in [0.25, 0.3) is 0 Å². The fourth-order valence-electron chi connectivity index (χ4n) is 4.46. The van der Waals surface area contributed by atoms with Gasteiger partial charge in [-0.15, -0.1) is 0 Å². The molecule has 1 aliphatic carbocycles. The van der Waals surface area contributed by atoms with E-state index >= 15 is 0 Å². The van der Waals surface area contributed by atoms with Gasteiger partial charge in [0.1, 0.15) is 12.7 Å². The summed E-state index contributed by atoms with van der Waals surface area (Å²) in [5.74, 6) is 0.457. The summed E-state index contributed by atoms with van der Waals surface area (Å²) in [6.45, 7) is 2.87. The average molecular weight is 445 g/mol. The highest BCUT2D eigenvalue weighted by molar-refractivity contribution is 5.68. The van der Waals surface area contributed by atoms with E-state index in [0.717, 1.165) is 41.8 Å². The SMILES string of the molecule is O=C(OCc1ccccc1)N1CCN(c2cccc(C(O)c3ncc4c(n3)CCC4)c2)CC1. The molecular formula is C26H28N4O3. The van der Waals surface area contributed by atoms with Crippen molar-refractivity contribution in [2.24, 2.45) is 0 Å². The number of fused-ring (bicyclic) bond motifs is 1. The number of aryl methyl sites for hydroxylation is 2. The maximum atomic E-state index is 12.4. The second-order valence-electron chi connectivity index (χ2n) is 8.57. The Labute approximate surface area is 193 Å². The van der Waals surface area contributed by atoms with Crippen LogP contribution in [0, 0.1) is 0 Å². The number of aliphatic hydroxyl groups is 1. The minimum Gasteiger partial charge on any atom is -0.445 e. The summed E-state index contributed by atoms with van der Waals surface area (Å²) in [6, 6.07) is 17.6. The summed E-state index contributed by atoms with van der Waals surface area (Å²) >= 11 is 0. The lowest BCUT2D eigenvalue weighted by Gasteiger charge is -2.35. The zero-order chi connectivity index (χ0) is 22.6. The Balaban J connectivity index is 1.19. The van der Waals surface area contributed by atoms with E-state index in [1.54, 1.807) is 4.90 Å². The van der Waals surface area contributed by atoms with Gasteiger partial charge >= 0.3 is 6.09 Å². The Kier molecular flexibility index (Phi) is 6.21. The predicted octanol–water partition coefficient (Wildman–Crippen LogP) is 3.51. The number of carbonyl (C=O) groups excluding carboxylic acids is 1. The predicted molar refractivity (Wildman–Crippen MR) is 125 cm³/mol. The first-order valence-electron chi connectivity index (χ1n) is 11.5. The monoisotopic (exact) mass is 444 g/mol. The molecule has 1 saturated heterocycles. The summed E-state index contributed by atoms with van der Waals surface area (Å²) in [6.07, 6.45) is 3.79. The van der Waals surface area contributed by atoms with Crippen molar-refractivity contribution < 1.29 is 14.6 Å². The van der Waals surface area contributed by atoms with Gasteiger partial charge in [-0.1, -0.05) is 42.5 Å². The van der Waals surface area contributed by atoms with Crippen LogP contribution in [0.5, 0.6) is 0 Å². The fourth-order valence-corrected chi connectivity index (χ4v) is 4.46. The molecule has 33 heavy (non-hydrogen) atoms. The number of hydrogen-bond acceptors (Lipinski definition) is 6. The summed E-state index contributed by atoms with van der Waals surface area (Å²) in [5.41, 5.74) is 5.03. The molecule has 0 saturated carbocycles. The molecule has 1 fully saturated rings. The molecule has 5 rings (SSSR count). The number of rotatable bonds is 5. The largest absolute Gasteiger partial charge is 0.445 e. The van der Waals surface area contributed by atoms with Crippen molar-refractivity contribution in [3.63, 3.8) is 0 Å². The van der Waals surface area contributed by atoms with E-state index in [9.17, 15) is 9.90 Å². The molecule has 3 aromatic rings. The first kappa shape index (κ1) is 21.4. The highest BCUT2D eigenvalue weighted by atomic mass is 16.6. The van der Waals surface area contributed by atoms with E-state index in [0.29, 0.717) is 32.0 Å². The average Bonchev–Trinajstić information content (AvgIpc) is 3.36. The molecule has 0 spiro atoms. The van der Waals surface area contributed by atoms with Crippen molar-refractivity contribution in [2.45, 2.75) is 32.0 Å². The first-order valence-corrected chi connectivity index (χ1v) is 11.5. The van der Waals surface area contributed by atoms with Crippen LogP contribution in [0.2, 0.25) is 0 Å². The number of nitrogens with zero attached hydrogens (tertiary/aromatic N) is 4. The number of benzene rings is 2. The minimum absolute atomic E-state index is 0.281. The molecule has 1 aromatic heterocycles. The van der Waals surface area contributed by atoms with Gasteiger partial charge in [-0.05, 0) is 48.1 Å². The van der Waals surface area contributed by atoms with Gasteiger partial charge in [-0.25, -0.2) is 14.8 Å². The van der Waals surface area contributed by atoms with E-state index in [4.69, 9.17) is 4.74 Å². The van der Waals surface area contributed by atoms with Crippen LogP contribution in [0.4, 0.5) is 10.5 Å².